The van der Waals surface area contributed by atoms with E-state index in [0.717, 1.165) is 5.56 Å². The van der Waals surface area contributed by atoms with Crippen molar-refractivity contribution in [1.82, 2.24) is 0 Å². The maximum absolute atomic E-state index is 14.0. The van der Waals surface area contributed by atoms with E-state index in [1.54, 1.807) is 44.4 Å². The number of hydrogen-bond acceptors (Lipinski definition) is 5. The van der Waals surface area contributed by atoms with Crippen molar-refractivity contribution >= 4 is 23.5 Å². The van der Waals surface area contributed by atoms with Crippen LogP contribution in [0.4, 0.5) is 5.69 Å². The summed E-state index contributed by atoms with van der Waals surface area (Å²) in [6.45, 7) is 11.9. The van der Waals surface area contributed by atoms with E-state index >= 15 is 0 Å². The van der Waals surface area contributed by atoms with Crippen molar-refractivity contribution in [3.05, 3.63) is 58.7 Å². The van der Waals surface area contributed by atoms with Gasteiger partial charge in [0.05, 0.1) is 19.3 Å². The Morgan fingerprint density at radius 3 is 2.37 bits per heavy atom. The molecule has 0 aliphatic carbocycles. The minimum Gasteiger partial charge on any atom is -0.496 e. The number of benzene rings is 2. The van der Waals surface area contributed by atoms with Crippen molar-refractivity contribution in [1.29, 1.82) is 0 Å². The first-order chi connectivity index (χ1) is 16.4. The Kier molecular flexibility index (Phi) is 7.29. The standard InChI is InChI=1S/C28H35NO6/c1-8-35-25(31)19-10-9-11-22-20(19)16-28(26(32)33,15-17(2)3)29(22)24(30)18-12-13-21(27(4,5)6)23(14-18)34-7/h9-14,17H,8,15-16H2,1-7H3,(H,32,33). The number of carbonyl (C=O) groups is 3. The number of methoxy groups -OCH3 is 1. The summed E-state index contributed by atoms with van der Waals surface area (Å²) in [5.41, 5.74) is 0.738. The number of ether oxygens (including phenoxy) is 2. The molecule has 1 aliphatic heterocycles. The van der Waals surface area contributed by atoms with Crippen molar-refractivity contribution in [2.45, 2.75) is 65.3 Å². The van der Waals surface area contributed by atoms with Gasteiger partial charge in [0.15, 0.2) is 0 Å². The molecule has 0 aromatic heterocycles. The van der Waals surface area contributed by atoms with Gasteiger partial charge < -0.3 is 14.6 Å². The first-order valence-electron chi connectivity index (χ1n) is 11.9. The van der Waals surface area contributed by atoms with E-state index < -0.39 is 23.4 Å². The molecule has 1 amide bonds. The van der Waals surface area contributed by atoms with Gasteiger partial charge in [-0.25, -0.2) is 9.59 Å². The van der Waals surface area contributed by atoms with E-state index in [1.807, 2.05) is 19.9 Å². The molecule has 2 aromatic carbocycles. The second-order valence-electron chi connectivity index (χ2n) is 10.4. The molecule has 188 valence electrons. The van der Waals surface area contributed by atoms with Gasteiger partial charge in [-0.3, -0.25) is 9.69 Å². The van der Waals surface area contributed by atoms with Crippen LogP contribution in [-0.2, 0) is 21.4 Å². The zero-order valence-electron chi connectivity index (χ0n) is 21.6. The lowest BCUT2D eigenvalue weighted by Gasteiger charge is -2.36. The normalized spacial score (nSPS) is 17.3. The second kappa shape index (κ2) is 9.72. The van der Waals surface area contributed by atoms with Crippen molar-refractivity contribution in [2.24, 2.45) is 5.92 Å². The van der Waals surface area contributed by atoms with Crippen LogP contribution in [0.5, 0.6) is 5.75 Å². The Morgan fingerprint density at radius 1 is 1.14 bits per heavy atom. The Bertz CT molecular complexity index is 1150. The summed E-state index contributed by atoms with van der Waals surface area (Å²) in [6, 6.07) is 10.2. The SMILES string of the molecule is CCOC(=O)c1cccc2c1CC(CC(C)C)(C(=O)O)N2C(=O)c1ccc(C(C)(C)C)c(OC)c1. The molecule has 1 aliphatic rings. The average molecular weight is 482 g/mol. The molecular weight excluding hydrogens is 446 g/mol. The molecule has 1 heterocycles. The van der Waals surface area contributed by atoms with Gasteiger partial charge in [0.1, 0.15) is 11.3 Å². The molecule has 0 spiro atoms. The fraction of sp³-hybridized carbons (Fsp3) is 0.464. The third-order valence-electron chi connectivity index (χ3n) is 6.39. The number of carboxylic acid groups (broad SMARTS) is 1. The van der Waals surface area contributed by atoms with Gasteiger partial charge in [-0.2, -0.15) is 0 Å². The van der Waals surface area contributed by atoms with Gasteiger partial charge in [-0.15, -0.1) is 0 Å². The van der Waals surface area contributed by atoms with E-state index in [2.05, 4.69) is 20.8 Å². The van der Waals surface area contributed by atoms with Crippen LogP contribution in [0.15, 0.2) is 36.4 Å². The number of hydrogen-bond donors (Lipinski definition) is 1. The summed E-state index contributed by atoms with van der Waals surface area (Å²) in [7, 11) is 1.55. The molecule has 0 radical (unpaired) electrons. The second-order valence-corrected chi connectivity index (χ2v) is 10.4. The first kappa shape index (κ1) is 26.3. The Hall–Kier alpha value is -3.35. The molecular formula is C28H35NO6. The monoisotopic (exact) mass is 481 g/mol. The minimum absolute atomic E-state index is 0.0143. The Labute approximate surface area is 207 Å². The maximum atomic E-state index is 14.0. The molecule has 0 fully saturated rings. The lowest BCUT2D eigenvalue weighted by molar-refractivity contribution is -0.143. The van der Waals surface area contributed by atoms with Gasteiger partial charge in [0.25, 0.3) is 5.91 Å². The van der Waals surface area contributed by atoms with Gasteiger partial charge in [0, 0.05) is 17.7 Å². The fourth-order valence-corrected chi connectivity index (χ4v) is 4.95. The Balaban J connectivity index is 2.23. The Morgan fingerprint density at radius 2 is 1.83 bits per heavy atom. The van der Waals surface area contributed by atoms with Crippen molar-refractivity contribution in [2.75, 3.05) is 18.6 Å². The highest BCUT2D eigenvalue weighted by atomic mass is 16.5. The smallest absolute Gasteiger partial charge is 0.338 e. The molecule has 35 heavy (non-hydrogen) atoms. The van der Waals surface area contributed by atoms with E-state index in [-0.39, 0.29) is 36.3 Å². The molecule has 2 aromatic rings. The summed E-state index contributed by atoms with van der Waals surface area (Å²) >= 11 is 0. The summed E-state index contributed by atoms with van der Waals surface area (Å²) in [4.78, 5) is 40.9. The van der Waals surface area contributed by atoms with Gasteiger partial charge in [0.2, 0.25) is 0 Å². The number of nitrogens with zero attached hydrogens (tertiary/aromatic N) is 1. The van der Waals surface area contributed by atoms with Crippen molar-refractivity contribution in [3.8, 4) is 5.75 Å². The number of esters is 1. The summed E-state index contributed by atoms with van der Waals surface area (Å²) in [5.74, 6) is -1.54. The molecule has 1 atom stereocenters. The minimum atomic E-state index is -1.54. The number of carboxylic acids is 1. The largest absolute Gasteiger partial charge is 0.496 e. The zero-order chi connectivity index (χ0) is 26.1. The molecule has 7 heteroatoms. The van der Waals surface area contributed by atoms with Crippen LogP contribution in [0.3, 0.4) is 0 Å². The van der Waals surface area contributed by atoms with Crippen molar-refractivity contribution < 1.29 is 29.0 Å². The number of fused-ring (bicyclic) bond motifs is 1. The van der Waals surface area contributed by atoms with Crippen LogP contribution in [0.1, 0.15) is 79.8 Å². The van der Waals surface area contributed by atoms with Crippen LogP contribution >= 0.6 is 0 Å². The van der Waals surface area contributed by atoms with Crippen LogP contribution in [-0.4, -0.2) is 42.2 Å². The van der Waals surface area contributed by atoms with E-state index in [0.29, 0.717) is 22.6 Å². The van der Waals surface area contributed by atoms with E-state index in [4.69, 9.17) is 9.47 Å². The highest BCUT2D eigenvalue weighted by Crippen LogP contribution is 2.45. The number of rotatable bonds is 7. The van der Waals surface area contributed by atoms with E-state index in [9.17, 15) is 19.5 Å². The zero-order valence-corrected chi connectivity index (χ0v) is 21.6. The van der Waals surface area contributed by atoms with Crippen LogP contribution in [0.2, 0.25) is 0 Å². The molecule has 0 bridgehead atoms. The van der Waals surface area contributed by atoms with Crippen LogP contribution in [0, 0.1) is 5.92 Å². The third kappa shape index (κ3) is 4.77. The molecule has 7 nitrogen and oxygen atoms in total. The number of aliphatic carboxylic acids is 1. The molecule has 0 saturated carbocycles. The lowest BCUT2D eigenvalue weighted by atomic mass is 9.83. The summed E-state index contributed by atoms with van der Waals surface area (Å²) in [6.07, 6.45) is 0.246. The van der Waals surface area contributed by atoms with Crippen molar-refractivity contribution in [3.63, 3.8) is 0 Å². The third-order valence-corrected chi connectivity index (χ3v) is 6.39. The molecule has 1 N–H and O–H groups in total. The summed E-state index contributed by atoms with van der Waals surface area (Å²) in [5, 5.41) is 10.5. The topological polar surface area (TPSA) is 93.1 Å². The predicted molar refractivity (Wildman–Crippen MR) is 134 cm³/mol. The highest BCUT2D eigenvalue weighted by molar-refractivity contribution is 6.13. The molecule has 0 saturated heterocycles. The molecule has 3 rings (SSSR count). The van der Waals surface area contributed by atoms with E-state index in [1.165, 1.54) is 4.90 Å². The number of anilines is 1. The predicted octanol–water partition coefficient (Wildman–Crippen LogP) is 5.24. The van der Waals surface area contributed by atoms with Gasteiger partial charge in [-0.05, 0) is 60.1 Å². The summed E-state index contributed by atoms with van der Waals surface area (Å²) < 4.78 is 10.8. The highest BCUT2D eigenvalue weighted by Gasteiger charge is 2.54. The average Bonchev–Trinajstić information content (AvgIpc) is 3.11. The fourth-order valence-electron chi connectivity index (χ4n) is 4.95. The maximum Gasteiger partial charge on any atom is 0.338 e. The van der Waals surface area contributed by atoms with Crippen LogP contribution < -0.4 is 9.64 Å². The lowest BCUT2D eigenvalue weighted by Crippen LogP contribution is -2.56. The van der Waals surface area contributed by atoms with Gasteiger partial charge in [-0.1, -0.05) is 46.8 Å². The quantitative estimate of drug-likeness (QED) is 0.544. The van der Waals surface area contributed by atoms with Crippen LogP contribution in [0.25, 0.3) is 0 Å². The first-order valence-corrected chi connectivity index (χ1v) is 11.9. The molecule has 1 unspecified atom stereocenters. The number of carbonyl (C=O) groups excluding carboxylic acids is 2. The van der Waals surface area contributed by atoms with Gasteiger partial charge >= 0.3 is 11.9 Å². The number of amides is 1.